The van der Waals surface area contributed by atoms with Crippen LogP contribution in [0.5, 0.6) is 0 Å². The minimum absolute atomic E-state index is 0.00443. The maximum atomic E-state index is 13.6. The van der Waals surface area contributed by atoms with Gasteiger partial charge in [-0.15, -0.1) is 0 Å². The zero-order chi connectivity index (χ0) is 22.7. The molecule has 1 aliphatic heterocycles. The lowest BCUT2D eigenvalue weighted by atomic mass is 10.1. The van der Waals surface area contributed by atoms with Crippen molar-refractivity contribution in [3.05, 3.63) is 53.1 Å². The summed E-state index contributed by atoms with van der Waals surface area (Å²) >= 11 is 1.60. The summed E-state index contributed by atoms with van der Waals surface area (Å²) in [6.45, 7) is 9.31. The summed E-state index contributed by atoms with van der Waals surface area (Å²) in [5.74, 6) is 0.00443. The van der Waals surface area contributed by atoms with Gasteiger partial charge in [0.05, 0.1) is 23.4 Å². The fraction of sp³-hybridized carbons (Fsp3) is 0.440. The van der Waals surface area contributed by atoms with Gasteiger partial charge in [0.2, 0.25) is 0 Å². The number of nitrogens with zero attached hydrogens (tertiary/aromatic N) is 4. The topological polar surface area (TPSA) is 48.9 Å². The van der Waals surface area contributed by atoms with Crippen LogP contribution in [0.3, 0.4) is 0 Å². The molecule has 0 N–H and O–H groups in total. The Morgan fingerprint density at radius 2 is 1.78 bits per heavy atom. The van der Waals surface area contributed by atoms with E-state index in [-0.39, 0.29) is 5.91 Å². The molecule has 1 aromatic heterocycles. The summed E-state index contributed by atoms with van der Waals surface area (Å²) in [6, 6.07) is 12.1. The molecular formula is C25H32N4O2S. The Balaban J connectivity index is 1.58. The van der Waals surface area contributed by atoms with Crippen molar-refractivity contribution in [3.8, 4) is 0 Å². The van der Waals surface area contributed by atoms with Crippen LogP contribution < -0.4 is 9.80 Å². The second-order valence-electron chi connectivity index (χ2n) is 8.61. The first-order valence-corrected chi connectivity index (χ1v) is 12.0. The number of carbonyl (C=O) groups is 1. The number of amides is 1. The number of hydrogen-bond acceptors (Lipinski definition) is 6. The summed E-state index contributed by atoms with van der Waals surface area (Å²) in [7, 11) is 4.00. The number of thiazole rings is 1. The van der Waals surface area contributed by atoms with E-state index in [4.69, 9.17) is 9.72 Å². The monoisotopic (exact) mass is 452 g/mol. The minimum Gasteiger partial charge on any atom is -0.379 e. The highest BCUT2D eigenvalue weighted by atomic mass is 32.1. The predicted molar refractivity (Wildman–Crippen MR) is 133 cm³/mol. The molecule has 0 aliphatic carbocycles. The first kappa shape index (κ1) is 22.7. The van der Waals surface area contributed by atoms with Crippen molar-refractivity contribution in [3.63, 3.8) is 0 Å². The number of morpholine rings is 1. The summed E-state index contributed by atoms with van der Waals surface area (Å²) in [5, 5.41) is 0.772. The Morgan fingerprint density at radius 1 is 1.09 bits per heavy atom. The van der Waals surface area contributed by atoms with Gasteiger partial charge in [-0.3, -0.25) is 14.6 Å². The Hall–Kier alpha value is -2.48. The molecule has 2 aromatic carbocycles. The third-order valence-electron chi connectivity index (χ3n) is 6.06. The van der Waals surface area contributed by atoms with Crippen molar-refractivity contribution < 1.29 is 9.53 Å². The van der Waals surface area contributed by atoms with Crippen LogP contribution in [0.25, 0.3) is 10.2 Å². The number of aromatic nitrogens is 1. The third-order valence-corrected chi connectivity index (χ3v) is 7.10. The zero-order valence-corrected chi connectivity index (χ0v) is 20.2. The van der Waals surface area contributed by atoms with Gasteiger partial charge in [0.1, 0.15) is 0 Å². The molecule has 6 nitrogen and oxygen atoms in total. The molecule has 1 aliphatic rings. The van der Waals surface area contributed by atoms with E-state index in [1.807, 2.05) is 48.2 Å². The van der Waals surface area contributed by atoms with Crippen molar-refractivity contribution in [1.82, 2.24) is 9.88 Å². The first-order chi connectivity index (χ1) is 15.4. The van der Waals surface area contributed by atoms with Crippen LogP contribution in [-0.2, 0) is 4.74 Å². The molecule has 1 amide bonds. The number of rotatable bonds is 7. The van der Waals surface area contributed by atoms with Crippen molar-refractivity contribution in [1.29, 1.82) is 0 Å². The number of ether oxygens (including phenoxy) is 1. The van der Waals surface area contributed by atoms with E-state index >= 15 is 0 Å². The highest BCUT2D eigenvalue weighted by molar-refractivity contribution is 7.22. The fourth-order valence-electron chi connectivity index (χ4n) is 3.90. The molecule has 32 heavy (non-hydrogen) atoms. The molecule has 3 aromatic rings. The van der Waals surface area contributed by atoms with Crippen LogP contribution in [0, 0.1) is 13.8 Å². The van der Waals surface area contributed by atoms with Gasteiger partial charge in [-0.1, -0.05) is 11.3 Å². The largest absolute Gasteiger partial charge is 0.379 e. The second-order valence-corrected chi connectivity index (χ2v) is 9.62. The normalized spacial score (nSPS) is 14.6. The van der Waals surface area contributed by atoms with Gasteiger partial charge in [-0.25, -0.2) is 4.98 Å². The summed E-state index contributed by atoms with van der Waals surface area (Å²) in [5.41, 5.74) is 5.19. The van der Waals surface area contributed by atoms with Crippen molar-refractivity contribution in [2.75, 3.05) is 63.3 Å². The summed E-state index contributed by atoms with van der Waals surface area (Å²) < 4.78 is 6.58. The van der Waals surface area contributed by atoms with Gasteiger partial charge >= 0.3 is 0 Å². The van der Waals surface area contributed by atoms with E-state index in [9.17, 15) is 4.79 Å². The van der Waals surface area contributed by atoms with E-state index in [2.05, 4.69) is 30.9 Å². The predicted octanol–water partition coefficient (Wildman–Crippen LogP) is 4.35. The smallest absolute Gasteiger partial charge is 0.260 e. The average Bonchev–Trinajstić information content (AvgIpc) is 3.19. The standard InChI is InChI=1S/C25H32N4O2S/c1-18-16-22-23(17-19(18)2)32-25(26-22)29(11-5-10-28-12-14-31-15-13-28)24(30)20-6-8-21(9-7-20)27(3)4/h6-9,16-17H,5,10-15H2,1-4H3. The molecule has 0 unspecified atom stereocenters. The number of fused-ring (bicyclic) bond motifs is 1. The molecular weight excluding hydrogens is 420 g/mol. The van der Waals surface area contributed by atoms with Crippen molar-refractivity contribution >= 4 is 38.3 Å². The van der Waals surface area contributed by atoms with Gasteiger partial charge in [0.15, 0.2) is 5.13 Å². The van der Waals surface area contributed by atoms with Gasteiger partial charge in [-0.2, -0.15) is 0 Å². The summed E-state index contributed by atoms with van der Waals surface area (Å²) in [6.07, 6.45) is 0.898. The van der Waals surface area contributed by atoms with Gasteiger partial charge in [-0.05, 0) is 67.8 Å². The first-order valence-electron chi connectivity index (χ1n) is 11.2. The van der Waals surface area contributed by atoms with Crippen LogP contribution in [0.2, 0.25) is 0 Å². The number of aryl methyl sites for hydroxylation is 2. The Morgan fingerprint density at radius 3 is 2.47 bits per heavy atom. The molecule has 2 heterocycles. The van der Waals surface area contributed by atoms with Gasteiger partial charge < -0.3 is 9.64 Å². The molecule has 0 saturated carbocycles. The lowest BCUT2D eigenvalue weighted by molar-refractivity contribution is 0.0376. The molecule has 170 valence electrons. The fourth-order valence-corrected chi connectivity index (χ4v) is 4.97. The summed E-state index contributed by atoms with van der Waals surface area (Å²) in [4.78, 5) is 24.7. The lowest BCUT2D eigenvalue weighted by Crippen LogP contribution is -2.39. The highest BCUT2D eigenvalue weighted by Crippen LogP contribution is 2.32. The van der Waals surface area contributed by atoms with E-state index in [0.29, 0.717) is 12.1 Å². The van der Waals surface area contributed by atoms with Crippen LogP contribution in [-0.4, -0.2) is 69.3 Å². The average molecular weight is 453 g/mol. The maximum absolute atomic E-state index is 13.6. The molecule has 7 heteroatoms. The lowest BCUT2D eigenvalue weighted by Gasteiger charge is -2.27. The van der Waals surface area contributed by atoms with E-state index < -0.39 is 0 Å². The number of anilines is 2. The molecule has 0 spiro atoms. The highest BCUT2D eigenvalue weighted by Gasteiger charge is 2.22. The second kappa shape index (κ2) is 9.98. The van der Waals surface area contributed by atoms with E-state index in [0.717, 1.165) is 60.3 Å². The van der Waals surface area contributed by atoms with Gasteiger partial charge in [0.25, 0.3) is 5.91 Å². The van der Waals surface area contributed by atoms with Gasteiger partial charge in [0, 0.05) is 51.5 Å². The van der Waals surface area contributed by atoms with Crippen molar-refractivity contribution in [2.45, 2.75) is 20.3 Å². The van der Waals surface area contributed by atoms with Crippen molar-refractivity contribution in [2.24, 2.45) is 0 Å². The minimum atomic E-state index is 0.00443. The molecule has 1 fully saturated rings. The Kier molecular flexibility index (Phi) is 7.08. The van der Waals surface area contributed by atoms with E-state index in [1.165, 1.54) is 11.1 Å². The SMILES string of the molecule is Cc1cc2nc(N(CCCN3CCOCC3)C(=O)c3ccc(N(C)C)cc3)sc2cc1C. The van der Waals surface area contributed by atoms with Crippen LogP contribution >= 0.6 is 11.3 Å². The number of carbonyl (C=O) groups excluding carboxylic acids is 1. The molecule has 0 atom stereocenters. The van der Waals surface area contributed by atoms with E-state index in [1.54, 1.807) is 11.3 Å². The molecule has 0 bridgehead atoms. The molecule has 0 radical (unpaired) electrons. The number of hydrogen-bond donors (Lipinski definition) is 0. The number of benzene rings is 2. The van der Waals surface area contributed by atoms with Crippen LogP contribution in [0.4, 0.5) is 10.8 Å². The molecule has 1 saturated heterocycles. The zero-order valence-electron chi connectivity index (χ0n) is 19.4. The maximum Gasteiger partial charge on any atom is 0.260 e. The van der Waals surface area contributed by atoms with Crippen LogP contribution in [0.15, 0.2) is 36.4 Å². The van der Waals surface area contributed by atoms with Crippen LogP contribution in [0.1, 0.15) is 27.9 Å². The third kappa shape index (κ3) is 5.11. The quantitative estimate of drug-likeness (QED) is 0.533. The Labute approximate surface area is 194 Å². The Bertz CT molecular complexity index is 1030. The molecule has 4 rings (SSSR count).